The first kappa shape index (κ1) is 22.5. The number of ether oxygens (including phenoxy) is 1. The number of amides is 2. The van der Waals surface area contributed by atoms with Gasteiger partial charge in [-0.3, -0.25) is 19.5 Å². The number of nitrogens with one attached hydrogen (secondary N) is 1. The van der Waals surface area contributed by atoms with Crippen molar-refractivity contribution < 1.29 is 14.3 Å². The van der Waals surface area contributed by atoms with Gasteiger partial charge in [-0.05, 0) is 48.4 Å². The fourth-order valence-electron chi connectivity index (χ4n) is 3.97. The van der Waals surface area contributed by atoms with Crippen LogP contribution in [0.25, 0.3) is 0 Å². The third-order valence-electron chi connectivity index (χ3n) is 5.91. The Morgan fingerprint density at radius 1 is 0.970 bits per heavy atom. The highest BCUT2D eigenvalue weighted by atomic mass is 16.5. The van der Waals surface area contributed by atoms with E-state index in [2.05, 4.69) is 27.3 Å². The minimum Gasteiger partial charge on any atom is -0.497 e. The van der Waals surface area contributed by atoms with Crippen LogP contribution >= 0.6 is 0 Å². The summed E-state index contributed by atoms with van der Waals surface area (Å²) in [4.78, 5) is 34.2. The van der Waals surface area contributed by atoms with Gasteiger partial charge in [0.05, 0.1) is 18.4 Å². The summed E-state index contributed by atoms with van der Waals surface area (Å²) in [5.74, 6) is 0.525. The molecule has 1 saturated heterocycles. The number of benzene rings is 2. The lowest BCUT2D eigenvalue weighted by Gasteiger charge is -2.35. The molecule has 0 atom stereocenters. The number of carbonyl (C=O) groups excluding carboxylic acids is 2. The molecule has 4 rings (SSSR count). The standard InChI is InChI=1S/C26H28N4O3/c1-19-4-3-5-23(24(19)28-25(31)21-10-12-27-13-11-21)26(32)30-16-14-29(15-17-30)18-20-6-8-22(33-2)9-7-20/h3-13H,14-18H2,1-2H3,(H,28,31). The van der Waals surface area contributed by atoms with Crippen molar-refractivity contribution in [3.05, 3.63) is 89.2 Å². The second-order valence-electron chi connectivity index (χ2n) is 8.10. The monoisotopic (exact) mass is 444 g/mol. The molecule has 0 aliphatic carbocycles. The molecular weight excluding hydrogens is 416 g/mol. The molecule has 7 heteroatoms. The van der Waals surface area contributed by atoms with Crippen LogP contribution in [-0.2, 0) is 6.54 Å². The van der Waals surface area contributed by atoms with Crippen molar-refractivity contribution in [3.63, 3.8) is 0 Å². The minimum absolute atomic E-state index is 0.0622. The molecular formula is C26H28N4O3. The number of hydrogen-bond donors (Lipinski definition) is 1. The van der Waals surface area contributed by atoms with Gasteiger partial charge in [-0.2, -0.15) is 0 Å². The molecule has 0 radical (unpaired) electrons. The van der Waals surface area contributed by atoms with Crippen molar-refractivity contribution in [1.82, 2.24) is 14.8 Å². The predicted octanol–water partition coefficient (Wildman–Crippen LogP) is 3.61. The van der Waals surface area contributed by atoms with Crippen LogP contribution in [0.15, 0.2) is 67.0 Å². The van der Waals surface area contributed by atoms with Gasteiger partial charge >= 0.3 is 0 Å². The van der Waals surface area contributed by atoms with Gasteiger partial charge in [0, 0.05) is 50.7 Å². The van der Waals surface area contributed by atoms with Crippen molar-refractivity contribution in [2.45, 2.75) is 13.5 Å². The number of pyridine rings is 1. The smallest absolute Gasteiger partial charge is 0.256 e. The largest absolute Gasteiger partial charge is 0.497 e. The van der Waals surface area contributed by atoms with Gasteiger partial charge in [0.1, 0.15) is 5.75 Å². The van der Waals surface area contributed by atoms with Crippen molar-refractivity contribution in [3.8, 4) is 5.75 Å². The Bertz CT molecular complexity index is 1110. The number of anilines is 1. The van der Waals surface area contributed by atoms with Crippen molar-refractivity contribution in [2.24, 2.45) is 0 Å². The number of methoxy groups -OCH3 is 1. The summed E-state index contributed by atoms with van der Waals surface area (Å²) in [6, 6.07) is 16.9. The molecule has 170 valence electrons. The maximum absolute atomic E-state index is 13.4. The number of hydrogen-bond acceptors (Lipinski definition) is 5. The van der Waals surface area contributed by atoms with E-state index in [9.17, 15) is 9.59 Å². The van der Waals surface area contributed by atoms with Gasteiger partial charge in [-0.1, -0.05) is 24.3 Å². The molecule has 2 aromatic carbocycles. The Labute approximate surface area is 194 Å². The van der Waals surface area contributed by atoms with E-state index in [0.717, 1.165) is 30.9 Å². The zero-order chi connectivity index (χ0) is 23.2. The average molecular weight is 445 g/mol. The number of carbonyl (C=O) groups is 2. The molecule has 0 spiro atoms. The second kappa shape index (κ2) is 10.3. The normalized spacial score (nSPS) is 14.1. The van der Waals surface area contributed by atoms with Gasteiger partial charge in [0.15, 0.2) is 0 Å². The van der Waals surface area contributed by atoms with Crippen LogP contribution in [0.5, 0.6) is 5.75 Å². The lowest BCUT2D eigenvalue weighted by molar-refractivity contribution is 0.0629. The van der Waals surface area contributed by atoms with Crippen molar-refractivity contribution in [1.29, 1.82) is 0 Å². The lowest BCUT2D eigenvalue weighted by atomic mass is 10.1. The fraction of sp³-hybridized carbons (Fsp3) is 0.269. The molecule has 0 saturated carbocycles. The van der Waals surface area contributed by atoms with Crippen LogP contribution in [0, 0.1) is 6.92 Å². The van der Waals surface area contributed by atoms with E-state index in [1.807, 2.05) is 36.1 Å². The second-order valence-corrected chi connectivity index (χ2v) is 8.10. The molecule has 1 fully saturated rings. The first-order valence-electron chi connectivity index (χ1n) is 11.0. The average Bonchev–Trinajstić information content (AvgIpc) is 2.86. The summed E-state index contributed by atoms with van der Waals surface area (Å²) in [7, 11) is 1.66. The summed E-state index contributed by atoms with van der Waals surface area (Å²) < 4.78 is 5.22. The summed E-state index contributed by atoms with van der Waals surface area (Å²) in [5, 5.41) is 2.93. The number of piperazine rings is 1. The molecule has 1 aliphatic rings. The van der Waals surface area contributed by atoms with Crippen LogP contribution in [0.2, 0.25) is 0 Å². The van der Waals surface area contributed by atoms with E-state index in [-0.39, 0.29) is 11.8 Å². The Morgan fingerprint density at radius 3 is 2.33 bits per heavy atom. The van der Waals surface area contributed by atoms with Gasteiger partial charge < -0.3 is 15.0 Å². The highest BCUT2D eigenvalue weighted by molar-refractivity contribution is 6.09. The summed E-state index contributed by atoms with van der Waals surface area (Å²) >= 11 is 0. The van der Waals surface area contributed by atoms with Crippen molar-refractivity contribution >= 4 is 17.5 Å². The first-order valence-corrected chi connectivity index (χ1v) is 11.0. The Kier molecular flexibility index (Phi) is 7.00. The van der Waals surface area contributed by atoms with Crippen LogP contribution in [0.1, 0.15) is 31.8 Å². The zero-order valence-corrected chi connectivity index (χ0v) is 19.0. The van der Waals surface area contributed by atoms with Gasteiger partial charge in [0.25, 0.3) is 11.8 Å². The molecule has 0 bridgehead atoms. The first-order chi connectivity index (χ1) is 16.0. The quantitative estimate of drug-likeness (QED) is 0.629. The van der Waals surface area contributed by atoms with Crippen LogP contribution in [-0.4, -0.2) is 59.9 Å². The molecule has 0 unspecified atom stereocenters. The van der Waals surface area contributed by atoms with E-state index in [4.69, 9.17) is 4.74 Å². The molecule has 1 aromatic heterocycles. The molecule has 1 N–H and O–H groups in total. The van der Waals surface area contributed by atoms with E-state index in [1.165, 1.54) is 5.56 Å². The molecule has 2 heterocycles. The molecule has 1 aliphatic heterocycles. The number of aryl methyl sites for hydroxylation is 1. The Balaban J connectivity index is 1.41. The Morgan fingerprint density at radius 2 is 1.67 bits per heavy atom. The van der Waals surface area contributed by atoms with Gasteiger partial charge in [0.2, 0.25) is 0 Å². The summed E-state index contributed by atoms with van der Waals surface area (Å²) in [6.45, 7) is 5.60. The number of aromatic nitrogens is 1. The third kappa shape index (κ3) is 5.38. The number of nitrogens with zero attached hydrogens (tertiary/aromatic N) is 3. The molecule has 7 nitrogen and oxygen atoms in total. The molecule has 2 amide bonds. The summed E-state index contributed by atoms with van der Waals surface area (Å²) in [5.41, 5.74) is 3.64. The third-order valence-corrected chi connectivity index (χ3v) is 5.91. The highest BCUT2D eigenvalue weighted by Gasteiger charge is 2.25. The maximum Gasteiger partial charge on any atom is 0.256 e. The highest BCUT2D eigenvalue weighted by Crippen LogP contribution is 2.24. The van der Waals surface area contributed by atoms with E-state index in [1.54, 1.807) is 37.7 Å². The number of para-hydroxylation sites is 1. The maximum atomic E-state index is 13.4. The van der Waals surface area contributed by atoms with Gasteiger partial charge in [-0.15, -0.1) is 0 Å². The topological polar surface area (TPSA) is 74.8 Å². The lowest BCUT2D eigenvalue weighted by Crippen LogP contribution is -2.48. The van der Waals surface area contributed by atoms with E-state index < -0.39 is 0 Å². The SMILES string of the molecule is COc1ccc(CN2CCN(C(=O)c3cccc(C)c3NC(=O)c3ccncc3)CC2)cc1. The molecule has 33 heavy (non-hydrogen) atoms. The van der Waals surface area contributed by atoms with Crippen LogP contribution < -0.4 is 10.1 Å². The van der Waals surface area contributed by atoms with Crippen LogP contribution in [0.4, 0.5) is 5.69 Å². The van der Waals surface area contributed by atoms with E-state index >= 15 is 0 Å². The van der Waals surface area contributed by atoms with Gasteiger partial charge in [-0.25, -0.2) is 0 Å². The zero-order valence-electron chi connectivity index (χ0n) is 19.0. The minimum atomic E-state index is -0.259. The predicted molar refractivity (Wildman–Crippen MR) is 128 cm³/mol. The fourth-order valence-corrected chi connectivity index (χ4v) is 3.97. The van der Waals surface area contributed by atoms with Crippen LogP contribution in [0.3, 0.4) is 0 Å². The number of rotatable bonds is 6. The summed E-state index contributed by atoms with van der Waals surface area (Å²) in [6.07, 6.45) is 3.15. The van der Waals surface area contributed by atoms with E-state index in [0.29, 0.717) is 29.9 Å². The molecule has 3 aromatic rings. The van der Waals surface area contributed by atoms with Crippen molar-refractivity contribution in [2.75, 3.05) is 38.6 Å². The Hall–Kier alpha value is -3.71.